The fourth-order valence-corrected chi connectivity index (χ4v) is 1.03. The van der Waals surface area contributed by atoms with Gasteiger partial charge in [-0.2, -0.15) is 5.26 Å². The molecule has 0 bridgehead atoms. The van der Waals surface area contributed by atoms with Crippen molar-refractivity contribution in [3.05, 3.63) is 36.0 Å². The second-order valence-corrected chi connectivity index (χ2v) is 3.25. The molecule has 0 fully saturated rings. The van der Waals surface area contributed by atoms with E-state index in [1.54, 1.807) is 0 Å². The van der Waals surface area contributed by atoms with Crippen LogP contribution in [0.2, 0.25) is 0 Å². The third kappa shape index (κ3) is 2.09. The lowest BCUT2D eigenvalue weighted by atomic mass is 9.91. The van der Waals surface area contributed by atoms with Gasteiger partial charge < -0.3 is 0 Å². The predicted octanol–water partition coefficient (Wildman–Crippen LogP) is 2.59. The molecule has 56 valence electrons. The van der Waals surface area contributed by atoms with Crippen molar-refractivity contribution < 1.29 is 0 Å². The zero-order valence-corrected chi connectivity index (χ0v) is 6.83. The molecule has 0 aromatic heterocycles. The van der Waals surface area contributed by atoms with Gasteiger partial charge in [0.05, 0.1) is 6.07 Å². The molecular weight excluding hydrogens is 134 g/mol. The second kappa shape index (κ2) is 2.75. The molecular formula is C10H11N. The lowest BCUT2D eigenvalue weighted by Crippen LogP contribution is -2.01. The van der Waals surface area contributed by atoms with Gasteiger partial charge in [0.1, 0.15) is 0 Å². The average molecular weight is 145 g/mol. The van der Waals surface area contributed by atoms with Crippen LogP contribution >= 0.6 is 0 Å². The SMILES string of the molecule is CC1(C)C=CC=CC(C#N)=C1. The van der Waals surface area contributed by atoms with Crippen LogP contribution in [0.15, 0.2) is 36.0 Å². The summed E-state index contributed by atoms with van der Waals surface area (Å²) in [5, 5.41) is 8.65. The Morgan fingerprint density at radius 1 is 1.36 bits per heavy atom. The van der Waals surface area contributed by atoms with Crippen LogP contribution in [0.4, 0.5) is 0 Å². The summed E-state index contributed by atoms with van der Waals surface area (Å²) < 4.78 is 0. The maximum atomic E-state index is 8.65. The molecule has 11 heavy (non-hydrogen) atoms. The largest absolute Gasteiger partial charge is 0.192 e. The molecule has 0 heterocycles. The molecule has 0 saturated heterocycles. The molecule has 0 unspecified atom stereocenters. The molecule has 0 aromatic rings. The van der Waals surface area contributed by atoms with Crippen LogP contribution in [0, 0.1) is 16.7 Å². The smallest absolute Gasteiger partial charge is 0.0988 e. The van der Waals surface area contributed by atoms with E-state index in [4.69, 9.17) is 5.26 Å². The quantitative estimate of drug-likeness (QED) is 0.514. The van der Waals surface area contributed by atoms with Crippen LogP contribution in [0.3, 0.4) is 0 Å². The van der Waals surface area contributed by atoms with Crippen LogP contribution in [0.1, 0.15) is 13.8 Å². The van der Waals surface area contributed by atoms with E-state index in [1.165, 1.54) is 0 Å². The summed E-state index contributed by atoms with van der Waals surface area (Å²) in [6.45, 7) is 4.15. The van der Waals surface area contributed by atoms with Crippen molar-refractivity contribution in [1.29, 1.82) is 5.26 Å². The lowest BCUT2D eigenvalue weighted by molar-refractivity contribution is 0.625. The van der Waals surface area contributed by atoms with Gasteiger partial charge in [-0.1, -0.05) is 38.2 Å². The molecule has 0 aromatic carbocycles. The maximum absolute atomic E-state index is 8.65. The van der Waals surface area contributed by atoms with Crippen LogP contribution in [0.5, 0.6) is 0 Å². The van der Waals surface area contributed by atoms with Gasteiger partial charge in [-0.05, 0) is 6.08 Å². The fourth-order valence-electron chi connectivity index (χ4n) is 1.03. The van der Waals surface area contributed by atoms with E-state index in [2.05, 4.69) is 26.0 Å². The fraction of sp³-hybridized carbons (Fsp3) is 0.300. The first kappa shape index (κ1) is 7.81. The highest BCUT2D eigenvalue weighted by molar-refractivity contribution is 5.39. The summed E-state index contributed by atoms with van der Waals surface area (Å²) >= 11 is 0. The molecule has 1 rings (SSSR count). The van der Waals surface area contributed by atoms with Crippen molar-refractivity contribution >= 4 is 0 Å². The zero-order valence-electron chi connectivity index (χ0n) is 6.83. The summed E-state index contributed by atoms with van der Waals surface area (Å²) in [5.74, 6) is 0. The summed E-state index contributed by atoms with van der Waals surface area (Å²) in [5.41, 5.74) is 0.745. The minimum Gasteiger partial charge on any atom is -0.192 e. The molecule has 1 heteroatoms. The van der Waals surface area contributed by atoms with E-state index in [1.807, 2.05) is 24.3 Å². The maximum Gasteiger partial charge on any atom is 0.0988 e. The van der Waals surface area contributed by atoms with Crippen molar-refractivity contribution in [2.24, 2.45) is 5.41 Å². The third-order valence-corrected chi connectivity index (χ3v) is 1.57. The van der Waals surface area contributed by atoms with Crippen molar-refractivity contribution in [3.63, 3.8) is 0 Å². The molecule has 0 aliphatic heterocycles. The number of hydrogen-bond acceptors (Lipinski definition) is 1. The number of nitrogens with zero attached hydrogens (tertiary/aromatic N) is 1. The van der Waals surface area contributed by atoms with Gasteiger partial charge in [0.2, 0.25) is 0 Å². The average Bonchev–Trinajstić information content (AvgIpc) is 2.10. The number of allylic oxidation sites excluding steroid dienone is 6. The standard InChI is InChI=1S/C10H11N/c1-10(2)6-4-3-5-9(7-10)8-11/h3-7H,1-2H3. The molecule has 0 atom stereocenters. The van der Waals surface area contributed by atoms with Crippen molar-refractivity contribution in [1.82, 2.24) is 0 Å². The topological polar surface area (TPSA) is 23.8 Å². The van der Waals surface area contributed by atoms with Gasteiger partial charge in [-0.15, -0.1) is 0 Å². The Kier molecular flexibility index (Phi) is 1.96. The van der Waals surface area contributed by atoms with Gasteiger partial charge in [-0.3, -0.25) is 0 Å². The van der Waals surface area contributed by atoms with E-state index in [0.717, 1.165) is 5.57 Å². The predicted molar refractivity (Wildman–Crippen MR) is 45.8 cm³/mol. The second-order valence-electron chi connectivity index (χ2n) is 3.25. The number of nitriles is 1. The molecule has 0 radical (unpaired) electrons. The van der Waals surface area contributed by atoms with Crippen LogP contribution in [-0.4, -0.2) is 0 Å². The van der Waals surface area contributed by atoms with Gasteiger partial charge in [0.15, 0.2) is 0 Å². The minimum absolute atomic E-state index is 0.00850. The van der Waals surface area contributed by atoms with Gasteiger partial charge in [-0.25, -0.2) is 0 Å². The van der Waals surface area contributed by atoms with Crippen LogP contribution in [0.25, 0.3) is 0 Å². The Hall–Kier alpha value is -1.29. The summed E-state index contributed by atoms with van der Waals surface area (Å²) in [4.78, 5) is 0. The molecule has 0 saturated carbocycles. The Morgan fingerprint density at radius 2 is 2.09 bits per heavy atom. The van der Waals surface area contributed by atoms with Gasteiger partial charge in [0.25, 0.3) is 0 Å². The first-order valence-electron chi connectivity index (χ1n) is 3.63. The summed E-state index contributed by atoms with van der Waals surface area (Å²) in [6, 6.07) is 2.13. The van der Waals surface area contributed by atoms with E-state index in [0.29, 0.717) is 0 Å². The highest BCUT2D eigenvalue weighted by atomic mass is 14.3. The van der Waals surface area contributed by atoms with Crippen molar-refractivity contribution in [2.75, 3.05) is 0 Å². The number of rotatable bonds is 0. The summed E-state index contributed by atoms with van der Waals surface area (Å²) in [6.07, 6.45) is 9.73. The Morgan fingerprint density at radius 3 is 2.73 bits per heavy atom. The molecule has 1 aliphatic carbocycles. The molecule has 0 amide bonds. The highest BCUT2D eigenvalue weighted by Crippen LogP contribution is 2.23. The first-order valence-corrected chi connectivity index (χ1v) is 3.63. The Bertz CT molecular complexity index is 272. The van der Waals surface area contributed by atoms with E-state index in [-0.39, 0.29) is 5.41 Å². The van der Waals surface area contributed by atoms with E-state index in [9.17, 15) is 0 Å². The molecule has 1 nitrogen and oxygen atoms in total. The van der Waals surface area contributed by atoms with Gasteiger partial charge in [0, 0.05) is 11.0 Å². The lowest BCUT2D eigenvalue weighted by Gasteiger charge is -2.12. The minimum atomic E-state index is 0.00850. The normalized spacial score (nSPS) is 20.3. The monoisotopic (exact) mass is 145 g/mol. The highest BCUT2D eigenvalue weighted by Gasteiger charge is 2.11. The Labute approximate surface area is 67.3 Å². The Balaban J connectivity index is 3.02. The number of hydrogen-bond donors (Lipinski definition) is 0. The van der Waals surface area contributed by atoms with Crippen LogP contribution < -0.4 is 0 Å². The summed E-state index contributed by atoms with van der Waals surface area (Å²) in [7, 11) is 0. The van der Waals surface area contributed by atoms with Crippen molar-refractivity contribution in [3.8, 4) is 6.07 Å². The van der Waals surface area contributed by atoms with E-state index >= 15 is 0 Å². The van der Waals surface area contributed by atoms with Gasteiger partial charge >= 0.3 is 0 Å². The molecule has 0 spiro atoms. The molecule has 1 aliphatic rings. The van der Waals surface area contributed by atoms with Crippen molar-refractivity contribution in [2.45, 2.75) is 13.8 Å². The molecule has 0 N–H and O–H groups in total. The first-order chi connectivity index (χ1) is 5.14. The third-order valence-electron chi connectivity index (χ3n) is 1.57. The zero-order chi connectivity index (χ0) is 8.32. The van der Waals surface area contributed by atoms with Crippen LogP contribution in [-0.2, 0) is 0 Å². The van der Waals surface area contributed by atoms with E-state index < -0.39 is 0 Å².